The van der Waals surface area contributed by atoms with Crippen LogP contribution in [-0.2, 0) is 0 Å². The summed E-state index contributed by atoms with van der Waals surface area (Å²) in [6.45, 7) is 0. The van der Waals surface area contributed by atoms with Gasteiger partial charge in [0.1, 0.15) is 5.52 Å². The molecule has 4 heteroatoms. The Morgan fingerprint density at radius 2 is 1.68 bits per heavy atom. The first-order chi connectivity index (χ1) is 9.34. The minimum Gasteiger partial charge on any atom is -0.320 e. The van der Waals surface area contributed by atoms with Crippen LogP contribution >= 0.6 is 0 Å². The molecule has 3 rings (SSSR count). The first-order valence-corrected chi connectivity index (χ1v) is 5.91. The topological polar surface area (TPSA) is 54.9 Å². The Morgan fingerprint density at radius 1 is 0.895 bits per heavy atom. The lowest BCUT2D eigenvalue weighted by molar-refractivity contribution is 0.102. The highest BCUT2D eigenvalue weighted by atomic mass is 16.1. The summed E-state index contributed by atoms with van der Waals surface area (Å²) in [7, 11) is 0. The van der Waals surface area contributed by atoms with Gasteiger partial charge in [-0.3, -0.25) is 14.8 Å². The van der Waals surface area contributed by atoms with E-state index in [2.05, 4.69) is 15.3 Å². The van der Waals surface area contributed by atoms with Gasteiger partial charge in [-0.05, 0) is 24.3 Å². The van der Waals surface area contributed by atoms with Gasteiger partial charge < -0.3 is 5.32 Å². The van der Waals surface area contributed by atoms with Crippen molar-refractivity contribution in [2.45, 2.75) is 0 Å². The van der Waals surface area contributed by atoms with Gasteiger partial charge in [0.25, 0.3) is 5.91 Å². The number of carbonyl (C=O) groups excluding carboxylic acids is 1. The van der Waals surface area contributed by atoms with E-state index in [1.807, 2.05) is 36.4 Å². The number of anilines is 1. The Bertz CT molecular complexity index is 720. The normalized spacial score (nSPS) is 10.3. The number of hydrogen-bond donors (Lipinski definition) is 1. The van der Waals surface area contributed by atoms with E-state index in [9.17, 15) is 4.79 Å². The maximum atomic E-state index is 12.1. The Labute approximate surface area is 110 Å². The number of benzene rings is 2. The molecule has 0 unspecified atom stereocenters. The van der Waals surface area contributed by atoms with Crippen molar-refractivity contribution in [1.29, 1.82) is 0 Å². The van der Waals surface area contributed by atoms with Crippen molar-refractivity contribution < 1.29 is 4.79 Å². The average Bonchev–Trinajstić information content (AvgIpc) is 2.48. The third kappa shape index (κ3) is 2.28. The maximum Gasteiger partial charge on any atom is 0.255 e. The summed E-state index contributed by atoms with van der Waals surface area (Å²) in [5.74, 6) is -0.154. The standard InChI is InChI=1S/C15H11N3O/c19-15(11-5-2-1-3-6-11)18-13-8-4-7-12-14(13)17-10-9-16-12/h1-10H,(H,18,19). The van der Waals surface area contributed by atoms with E-state index in [4.69, 9.17) is 0 Å². The van der Waals surface area contributed by atoms with Crippen LogP contribution in [0.3, 0.4) is 0 Å². The summed E-state index contributed by atoms with van der Waals surface area (Å²) < 4.78 is 0. The molecular formula is C15H11N3O. The number of para-hydroxylation sites is 1. The van der Waals surface area contributed by atoms with Crippen molar-refractivity contribution in [2.75, 3.05) is 5.32 Å². The number of nitrogens with one attached hydrogen (secondary N) is 1. The van der Waals surface area contributed by atoms with Crippen LogP contribution in [0.15, 0.2) is 60.9 Å². The molecule has 4 nitrogen and oxygen atoms in total. The SMILES string of the molecule is O=C(Nc1cccc2nccnc12)c1ccccc1. The fourth-order valence-corrected chi connectivity index (χ4v) is 1.88. The van der Waals surface area contributed by atoms with Crippen molar-refractivity contribution in [1.82, 2.24) is 9.97 Å². The number of hydrogen-bond acceptors (Lipinski definition) is 3. The third-order valence-corrected chi connectivity index (χ3v) is 2.78. The summed E-state index contributed by atoms with van der Waals surface area (Å²) in [6.07, 6.45) is 3.24. The quantitative estimate of drug-likeness (QED) is 0.759. The van der Waals surface area contributed by atoms with E-state index in [0.717, 1.165) is 5.52 Å². The molecule has 19 heavy (non-hydrogen) atoms. The zero-order valence-corrected chi connectivity index (χ0v) is 10.1. The molecule has 1 N–H and O–H groups in total. The van der Waals surface area contributed by atoms with Gasteiger partial charge in [-0.2, -0.15) is 0 Å². The van der Waals surface area contributed by atoms with Gasteiger partial charge in [0.15, 0.2) is 0 Å². The van der Waals surface area contributed by atoms with Gasteiger partial charge in [-0.1, -0.05) is 24.3 Å². The lowest BCUT2D eigenvalue weighted by Gasteiger charge is -2.07. The van der Waals surface area contributed by atoms with Crippen molar-refractivity contribution in [2.24, 2.45) is 0 Å². The average molecular weight is 249 g/mol. The molecule has 0 fully saturated rings. The molecule has 0 spiro atoms. The van der Waals surface area contributed by atoms with Gasteiger partial charge >= 0.3 is 0 Å². The summed E-state index contributed by atoms with van der Waals surface area (Å²) >= 11 is 0. The maximum absolute atomic E-state index is 12.1. The summed E-state index contributed by atoms with van der Waals surface area (Å²) in [5.41, 5.74) is 2.73. The zero-order valence-electron chi connectivity index (χ0n) is 10.1. The minimum atomic E-state index is -0.154. The first-order valence-electron chi connectivity index (χ1n) is 5.91. The lowest BCUT2D eigenvalue weighted by Crippen LogP contribution is -2.12. The van der Waals surface area contributed by atoms with Crippen molar-refractivity contribution >= 4 is 22.6 Å². The second-order valence-corrected chi connectivity index (χ2v) is 4.05. The molecule has 92 valence electrons. The number of aromatic nitrogens is 2. The zero-order chi connectivity index (χ0) is 13.1. The summed E-state index contributed by atoms with van der Waals surface area (Å²) in [6, 6.07) is 14.6. The molecule has 1 aromatic heterocycles. The molecule has 1 amide bonds. The lowest BCUT2D eigenvalue weighted by atomic mass is 10.2. The Kier molecular flexibility index (Phi) is 2.90. The molecular weight excluding hydrogens is 238 g/mol. The number of nitrogens with zero attached hydrogens (tertiary/aromatic N) is 2. The molecule has 2 aromatic carbocycles. The molecule has 0 aliphatic rings. The molecule has 0 saturated heterocycles. The Balaban J connectivity index is 1.96. The van der Waals surface area contributed by atoms with Gasteiger partial charge in [0.05, 0.1) is 11.2 Å². The second kappa shape index (κ2) is 4.86. The fourth-order valence-electron chi connectivity index (χ4n) is 1.88. The molecule has 3 aromatic rings. The molecule has 0 aliphatic heterocycles. The smallest absolute Gasteiger partial charge is 0.255 e. The van der Waals surface area contributed by atoms with Crippen molar-refractivity contribution in [3.8, 4) is 0 Å². The van der Waals surface area contributed by atoms with Crippen LogP contribution in [0.2, 0.25) is 0 Å². The highest BCUT2D eigenvalue weighted by molar-refractivity contribution is 6.07. The van der Waals surface area contributed by atoms with Gasteiger partial charge in [0.2, 0.25) is 0 Å². The Morgan fingerprint density at radius 3 is 2.53 bits per heavy atom. The van der Waals surface area contributed by atoms with Crippen LogP contribution < -0.4 is 5.32 Å². The van der Waals surface area contributed by atoms with E-state index in [1.165, 1.54) is 0 Å². The van der Waals surface area contributed by atoms with Crippen molar-refractivity contribution in [3.63, 3.8) is 0 Å². The predicted molar refractivity (Wildman–Crippen MR) is 73.9 cm³/mol. The van der Waals surface area contributed by atoms with E-state index in [0.29, 0.717) is 16.8 Å². The molecule has 0 atom stereocenters. The van der Waals surface area contributed by atoms with Crippen LogP contribution in [-0.4, -0.2) is 15.9 Å². The second-order valence-electron chi connectivity index (χ2n) is 4.05. The fraction of sp³-hybridized carbons (Fsp3) is 0. The van der Waals surface area contributed by atoms with Gasteiger partial charge in [-0.15, -0.1) is 0 Å². The van der Waals surface area contributed by atoms with E-state index >= 15 is 0 Å². The number of carbonyl (C=O) groups is 1. The first kappa shape index (κ1) is 11.3. The van der Waals surface area contributed by atoms with E-state index in [-0.39, 0.29) is 5.91 Å². The Hall–Kier alpha value is -2.75. The molecule has 0 bridgehead atoms. The van der Waals surface area contributed by atoms with Crippen LogP contribution in [0.5, 0.6) is 0 Å². The monoisotopic (exact) mass is 249 g/mol. The molecule has 0 radical (unpaired) electrons. The van der Waals surface area contributed by atoms with Crippen LogP contribution in [0.25, 0.3) is 11.0 Å². The van der Waals surface area contributed by atoms with Crippen molar-refractivity contribution in [3.05, 3.63) is 66.5 Å². The highest BCUT2D eigenvalue weighted by Gasteiger charge is 2.08. The van der Waals surface area contributed by atoms with E-state index in [1.54, 1.807) is 24.5 Å². The number of amides is 1. The number of rotatable bonds is 2. The van der Waals surface area contributed by atoms with Crippen LogP contribution in [0, 0.1) is 0 Å². The van der Waals surface area contributed by atoms with Gasteiger partial charge in [-0.25, -0.2) is 0 Å². The third-order valence-electron chi connectivity index (χ3n) is 2.78. The molecule has 0 saturated carbocycles. The highest BCUT2D eigenvalue weighted by Crippen LogP contribution is 2.19. The van der Waals surface area contributed by atoms with E-state index < -0.39 is 0 Å². The molecule has 1 heterocycles. The number of fused-ring (bicyclic) bond motifs is 1. The largest absolute Gasteiger partial charge is 0.320 e. The summed E-state index contributed by atoms with van der Waals surface area (Å²) in [4.78, 5) is 20.6. The summed E-state index contributed by atoms with van der Waals surface area (Å²) in [5, 5.41) is 2.86. The van der Waals surface area contributed by atoms with Crippen LogP contribution in [0.4, 0.5) is 5.69 Å². The van der Waals surface area contributed by atoms with Gasteiger partial charge in [0, 0.05) is 18.0 Å². The minimum absolute atomic E-state index is 0.154. The van der Waals surface area contributed by atoms with Crippen LogP contribution in [0.1, 0.15) is 10.4 Å². The molecule has 0 aliphatic carbocycles. The predicted octanol–water partition coefficient (Wildman–Crippen LogP) is 2.88.